The number of fused-ring (bicyclic) bond motifs is 1. The van der Waals surface area contributed by atoms with Crippen molar-refractivity contribution in [1.29, 1.82) is 0 Å². The van der Waals surface area contributed by atoms with Crippen LogP contribution in [-0.2, 0) is 9.53 Å². The van der Waals surface area contributed by atoms with Crippen LogP contribution in [0.15, 0.2) is 36.4 Å². The first-order chi connectivity index (χ1) is 16.1. The molecule has 1 unspecified atom stereocenters. The Bertz CT molecular complexity index is 730. The number of aliphatic hydroxyl groups is 1. The van der Waals surface area contributed by atoms with Gasteiger partial charge in [0.05, 0.1) is 6.61 Å². The molecule has 1 aliphatic rings. The highest BCUT2D eigenvalue weighted by atomic mass is 16.5. The van der Waals surface area contributed by atoms with E-state index in [9.17, 15) is 14.7 Å². The number of unbranched alkanes of at least 4 members (excludes halogenated alkanes) is 11. The Hall–Kier alpha value is -2.14. The number of allylic oxidation sites excluding steroid dienone is 2. The monoisotopic (exact) mass is 457 g/mol. The topological polar surface area (TPSA) is 66.8 Å². The second kappa shape index (κ2) is 16.5. The summed E-state index contributed by atoms with van der Waals surface area (Å²) in [6, 6.07) is 7.35. The van der Waals surface area contributed by atoms with Gasteiger partial charge < -0.3 is 14.7 Å². The Labute approximate surface area is 200 Å². The van der Waals surface area contributed by atoms with Gasteiger partial charge >= 0.3 is 5.97 Å². The van der Waals surface area contributed by atoms with Crippen LogP contribution in [0, 0.1) is 0 Å². The van der Waals surface area contributed by atoms with E-state index in [1.165, 1.54) is 44.9 Å². The molecule has 1 aromatic rings. The number of hydrogen-bond donors (Lipinski definition) is 1. The maximum Gasteiger partial charge on any atom is 0.305 e. The van der Waals surface area contributed by atoms with Crippen molar-refractivity contribution < 1.29 is 19.4 Å². The third kappa shape index (κ3) is 10.1. The SMILES string of the molecule is CCOC(=O)CCCCCCC/C=C\CCCCCCCCN1C(=O)c2ccccc2C1O. The molecule has 0 saturated carbocycles. The highest BCUT2D eigenvalue weighted by Gasteiger charge is 2.34. The average Bonchev–Trinajstić information content (AvgIpc) is 3.06. The van der Waals surface area contributed by atoms with E-state index >= 15 is 0 Å². The lowest BCUT2D eigenvalue weighted by atomic mass is 10.1. The van der Waals surface area contributed by atoms with Gasteiger partial charge in [0.1, 0.15) is 0 Å². The van der Waals surface area contributed by atoms with E-state index in [-0.39, 0.29) is 11.9 Å². The predicted octanol–water partition coefficient (Wildman–Crippen LogP) is 6.71. The van der Waals surface area contributed by atoms with E-state index < -0.39 is 6.23 Å². The van der Waals surface area contributed by atoms with Gasteiger partial charge in [0.2, 0.25) is 0 Å². The molecule has 0 radical (unpaired) electrons. The zero-order valence-corrected chi connectivity index (χ0v) is 20.5. The molecule has 0 spiro atoms. The first-order valence-electron chi connectivity index (χ1n) is 13.0. The number of carbonyl (C=O) groups is 2. The minimum Gasteiger partial charge on any atom is -0.466 e. The number of ether oxygens (including phenoxy) is 1. The Morgan fingerprint density at radius 1 is 0.909 bits per heavy atom. The molecule has 5 nitrogen and oxygen atoms in total. The maximum atomic E-state index is 12.4. The predicted molar refractivity (Wildman–Crippen MR) is 133 cm³/mol. The Morgan fingerprint density at radius 3 is 2.12 bits per heavy atom. The summed E-state index contributed by atoms with van der Waals surface area (Å²) in [4.78, 5) is 25.2. The van der Waals surface area contributed by atoms with E-state index in [2.05, 4.69) is 12.2 Å². The van der Waals surface area contributed by atoms with Gasteiger partial charge in [-0.3, -0.25) is 9.59 Å². The highest BCUT2D eigenvalue weighted by Crippen LogP contribution is 2.31. The molecule has 1 aliphatic heterocycles. The van der Waals surface area contributed by atoms with Crippen molar-refractivity contribution >= 4 is 11.9 Å². The average molecular weight is 458 g/mol. The van der Waals surface area contributed by atoms with Crippen molar-refractivity contribution in [2.45, 2.75) is 103 Å². The summed E-state index contributed by atoms with van der Waals surface area (Å²) in [7, 11) is 0. The maximum absolute atomic E-state index is 12.4. The van der Waals surface area contributed by atoms with Crippen molar-refractivity contribution in [3.8, 4) is 0 Å². The first kappa shape index (κ1) is 27.1. The van der Waals surface area contributed by atoms with Gasteiger partial charge in [-0.15, -0.1) is 0 Å². The van der Waals surface area contributed by atoms with E-state index in [0.717, 1.165) is 44.1 Å². The smallest absolute Gasteiger partial charge is 0.305 e. The molecule has 0 fully saturated rings. The molecule has 1 amide bonds. The van der Waals surface area contributed by atoms with Gasteiger partial charge in [-0.25, -0.2) is 0 Å². The number of aliphatic hydroxyl groups excluding tert-OH is 1. The number of amides is 1. The number of esters is 1. The number of nitrogens with zero attached hydrogens (tertiary/aromatic N) is 1. The highest BCUT2D eigenvalue weighted by molar-refractivity contribution is 5.98. The summed E-state index contributed by atoms with van der Waals surface area (Å²) in [6.07, 6.45) is 19.4. The van der Waals surface area contributed by atoms with Crippen molar-refractivity contribution in [2.24, 2.45) is 0 Å². The number of hydrogen-bond acceptors (Lipinski definition) is 4. The molecule has 1 aromatic carbocycles. The minimum atomic E-state index is -0.781. The Morgan fingerprint density at radius 2 is 1.48 bits per heavy atom. The van der Waals surface area contributed by atoms with Crippen LogP contribution in [0.25, 0.3) is 0 Å². The van der Waals surface area contributed by atoms with Crippen molar-refractivity contribution in [3.63, 3.8) is 0 Å². The molecule has 2 rings (SSSR count). The molecule has 1 heterocycles. The Kier molecular flexibility index (Phi) is 13.5. The van der Waals surface area contributed by atoms with Crippen LogP contribution < -0.4 is 0 Å². The molecule has 33 heavy (non-hydrogen) atoms. The van der Waals surface area contributed by atoms with Gasteiger partial charge in [0.25, 0.3) is 5.91 Å². The summed E-state index contributed by atoms with van der Waals surface area (Å²) in [5.74, 6) is -0.107. The van der Waals surface area contributed by atoms with E-state index in [1.807, 2.05) is 25.1 Å². The molecular formula is C28H43NO4. The van der Waals surface area contributed by atoms with Crippen LogP contribution in [0.1, 0.15) is 119 Å². The quantitative estimate of drug-likeness (QED) is 0.151. The number of benzene rings is 1. The van der Waals surface area contributed by atoms with Gasteiger partial charge in [-0.2, -0.15) is 0 Å². The Balaban J connectivity index is 1.35. The van der Waals surface area contributed by atoms with Crippen LogP contribution in [-0.4, -0.2) is 35.0 Å². The number of rotatable bonds is 18. The molecule has 1 N–H and O–H groups in total. The summed E-state index contributed by atoms with van der Waals surface area (Å²) in [5.41, 5.74) is 1.38. The molecule has 1 atom stereocenters. The lowest BCUT2D eigenvalue weighted by Crippen LogP contribution is -2.28. The molecule has 0 aromatic heterocycles. The zero-order valence-electron chi connectivity index (χ0n) is 20.5. The lowest BCUT2D eigenvalue weighted by Gasteiger charge is -2.20. The zero-order chi connectivity index (χ0) is 23.7. The lowest BCUT2D eigenvalue weighted by molar-refractivity contribution is -0.143. The summed E-state index contributed by atoms with van der Waals surface area (Å²) in [6.45, 7) is 2.96. The van der Waals surface area contributed by atoms with E-state index in [4.69, 9.17) is 4.74 Å². The van der Waals surface area contributed by atoms with Crippen molar-refractivity contribution in [2.75, 3.05) is 13.2 Å². The fourth-order valence-corrected chi connectivity index (χ4v) is 4.36. The largest absolute Gasteiger partial charge is 0.466 e. The van der Waals surface area contributed by atoms with Gasteiger partial charge in [-0.1, -0.05) is 75.3 Å². The summed E-state index contributed by atoms with van der Waals surface area (Å²) >= 11 is 0. The van der Waals surface area contributed by atoms with Gasteiger partial charge in [0.15, 0.2) is 6.23 Å². The van der Waals surface area contributed by atoms with E-state index in [0.29, 0.717) is 25.1 Å². The first-order valence-corrected chi connectivity index (χ1v) is 13.0. The molecule has 0 aliphatic carbocycles. The van der Waals surface area contributed by atoms with Gasteiger partial charge in [-0.05, 0) is 51.5 Å². The fraction of sp³-hybridized carbons (Fsp3) is 0.643. The third-order valence-electron chi connectivity index (χ3n) is 6.27. The molecule has 0 bridgehead atoms. The minimum absolute atomic E-state index is 0.0427. The fourth-order valence-electron chi connectivity index (χ4n) is 4.36. The summed E-state index contributed by atoms with van der Waals surface area (Å²) < 4.78 is 4.93. The molecule has 184 valence electrons. The molecule has 5 heteroatoms. The van der Waals surface area contributed by atoms with Gasteiger partial charge in [0, 0.05) is 24.1 Å². The summed E-state index contributed by atoms with van der Waals surface area (Å²) in [5, 5.41) is 10.4. The second-order valence-corrected chi connectivity index (χ2v) is 8.95. The van der Waals surface area contributed by atoms with Crippen molar-refractivity contribution in [3.05, 3.63) is 47.5 Å². The van der Waals surface area contributed by atoms with Crippen LogP contribution in [0.4, 0.5) is 0 Å². The van der Waals surface area contributed by atoms with Crippen LogP contribution in [0.2, 0.25) is 0 Å². The molecular weight excluding hydrogens is 414 g/mol. The van der Waals surface area contributed by atoms with Crippen LogP contribution >= 0.6 is 0 Å². The molecule has 0 saturated heterocycles. The normalized spacial score (nSPS) is 15.4. The third-order valence-corrected chi connectivity index (χ3v) is 6.27. The van der Waals surface area contributed by atoms with Crippen molar-refractivity contribution in [1.82, 2.24) is 4.90 Å². The number of carbonyl (C=O) groups excluding carboxylic acids is 2. The van der Waals surface area contributed by atoms with Crippen LogP contribution in [0.3, 0.4) is 0 Å². The van der Waals surface area contributed by atoms with Crippen LogP contribution in [0.5, 0.6) is 0 Å². The second-order valence-electron chi connectivity index (χ2n) is 8.95. The standard InChI is InChI=1S/C28H43NO4/c1-2-33-26(30)22-16-14-12-10-8-6-4-3-5-7-9-11-13-15-19-23-29-27(31)24-20-17-18-21-25(24)28(29)32/h3-4,17-18,20-21,27,31H,2,5-16,19,22-23H2,1H3/b4-3-. The van der Waals surface area contributed by atoms with E-state index in [1.54, 1.807) is 11.0 Å².